The van der Waals surface area contributed by atoms with Crippen LogP contribution in [0.5, 0.6) is 0 Å². The van der Waals surface area contributed by atoms with E-state index < -0.39 is 45.7 Å². The predicted octanol–water partition coefficient (Wildman–Crippen LogP) is 0.504. The van der Waals surface area contributed by atoms with Gasteiger partial charge in [-0.15, -0.1) is 0 Å². The third-order valence-corrected chi connectivity index (χ3v) is 2.57. The third-order valence-electron chi connectivity index (χ3n) is 2.57. The van der Waals surface area contributed by atoms with Crippen molar-refractivity contribution in [1.29, 1.82) is 0 Å². The largest absolute Gasteiger partial charge is 0.480 e. The molecule has 0 saturated heterocycles. The van der Waals surface area contributed by atoms with Crippen LogP contribution in [0.15, 0.2) is 18.2 Å². The Morgan fingerprint density at radius 2 is 1.91 bits per heavy atom. The van der Waals surface area contributed by atoms with Gasteiger partial charge in [0, 0.05) is 6.07 Å². The molecule has 0 fully saturated rings. The zero-order chi connectivity index (χ0) is 16.9. The van der Waals surface area contributed by atoms with E-state index in [0.29, 0.717) is 0 Å². The van der Waals surface area contributed by atoms with Gasteiger partial charge in [-0.25, -0.2) is 0 Å². The number of nitrogens with zero attached hydrogens (tertiary/aromatic N) is 2. The van der Waals surface area contributed by atoms with Gasteiger partial charge in [0.1, 0.15) is 18.3 Å². The Kier molecular flexibility index (Phi) is 5.32. The molecule has 3 N–H and O–H groups in total. The number of hydrogen-bond acceptors (Lipinski definition) is 7. The fourth-order valence-electron chi connectivity index (χ4n) is 1.52. The van der Waals surface area contributed by atoms with Gasteiger partial charge in [0.2, 0.25) is 5.91 Å². The Morgan fingerprint density at radius 1 is 1.27 bits per heavy atom. The van der Waals surface area contributed by atoms with Gasteiger partial charge in [-0.1, -0.05) is 0 Å². The number of non-ortho nitro benzene ring substituents is 1. The summed E-state index contributed by atoms with van der Waals surface area (Å²) in [6.45, 7) is 0.773. The smallest absolute Gasteiger partial charge is 0.322 e. The lowest BCUT2D eigenvalue weighted by Crippen LogP contribution is -2.40. The van der Waals surface area contributed by atoms with E-state index in [9.17, 15) is 29.8 Å². The summed E-state index contributed by atoms with van der Waals surface area (Å²) in [5.74, 6) is -1.92. The molecule has 118 valence electrons. The number of nitrogens with one attached hydrogen (secondary N) is 2. The van der Waals surface area contributed by atoms with Gasteiger partial charge in [0.15, 0.2) is 0 Å². The van der Waals surface area contributed by atoms with E-state index >= 15 is 0 Å². The van der Waals surface area contributed by atoms with Crippen molar-refractivity contribution in [3.8, 4) is 0 Å². The summed E-state index contributed by atoms with van der Waals surface area (Å²) < 4.78 is 0. The first-order chi connectivity index (χ1) is 10.2. The molecule has 0 heterocycles. The van der Waals surface area contributed by atoms with Crippen molar-refractivity contribution in [3.05, 3.63) is 38.4 Å². The van der Waals surface area contributed by atoms with Crippen molar-refractivity contribution in [3.63, 3.8) is 0 Å². The summed E-state index contributed by atoms with van der Waals surface area (Å²) in [6, 6.07) is 1.96. The predicted molar refractivity (Wildman–Crippen MR) is 73.5 cm³/mol. The molecule has 0 saturated carbocycles. The van der Waals surface area contributed by atoms with E-state index in [2.05, 4.69) is 10.6 Å². The number of aliphatic carboxylic acids is 1. The van der Waals surface area contributed by atoms with E-state index in [1.165, 1.54) is 6.92 Å². The summed E-state index contributed by atoms with van der Waals surface area (Å²) in [4.78, 5) is 41.9. The molecule has 0 aromatic heterocycles. The maximum atomic E-state index is 11.6. The Hall–Kier alpha value is -3.24. The molecule has 0 aliphatic carbocycles. The first-order valence-electron chi connectivity index (χ1n) is 5.91. The minimum atomic E-state index is -1.23. The average molecular weight is 312 g/mol. The van der Waals surface area contributed by atoms with E-state index in [0.717, 1.165) is 18.2 Å². The van der Waals surface area contributed by atoms with Gasteiger partial charge in [-0.05, 0) is 13.0 Å². The number of carboxylic acids is 1. The van der Waals surface area contributed by atoms with Crippen molar-refractivity contribution in [2.24, 2.45) is 0 Å². The van der Waals surface area contributed by atoms with Crippen molar-refractivity contribution in [1.82, 2.24) is 5.32 Å². The van der Waals surface area contributed by atoms with Crippen LogP contribution < -0.4 is 10.6 Å². The van der Waals surface area contributed by atoms with Crippen LogP contribution in [-0.2, 0) is 9.59 Å². The quantitative estimate of drug-likeness (QED) is 0.483. The van der Waals surface area contributed by atoms with Crippen molar-refractivity contribution >= 4 is 28.9 Å². The van der Waals surface area contributed by atoms with Crippen LogP contribution in [0.1, 0.15) is 6.92 Å². The van der Waals surface area contributed by atoms with Gasteiger partial charge >= 0.3 is 5.97 Å². The minimum Gasteiger partial charge on any atom is -0.480 e. The minimum absolute atomic E-state index is 0.0893. The summed E-state index contributed by atoms with van der Waals surface area (Å²) in [7, 11) is 0. The van der Waals surface area contributed by atoms with Crippen LogP contribution in [0.25, 0.3) is 0 Å². The monoisotopic (exact) mass is 312 g/mol. The SMILES string of the molecule is C[C@H](Nc1ccc([N+](=O)[O-])cc1[N+](=O)[O-])C(=O)NCC(=O)O. The fourth-order valence-corrected chi connectivity index (χ4v) is 1.52. The number of benzene rings is 1. The highest BCUT2D eigenvalue weighted by Gasteiger charge is 2.22. The second kappa shape index (κ2) is 6.97. The molecule has 0 aliphatic heterocycles. The lowest BCUT2D eigenvalue weighted by molar-refractivity contribution is -0.393. The number of carbonyl (C=O) groups excluding carboxylic acids is 1. The number of nitro groups is 2. The Morgan fingerprint density at radius 3 is 2.41 bits per heavy atom. The maximum Gasteiger partial charge on any atom is 0.322 e. The molecule has 11 heteroatoms. The zero-order valence-electron chi connectivity index (χ0n) is 11.3. The number of hydrogen-bond donors (Lipinski definition) is 3. The molecule has 0 bridgehead atoms. The highest BCUT2D eigenvalue weighted by Crippen LogP contribution is 2.29. The molecule has 22 heavy (non-hydrogen) atoms. The van der Waals surface area contributed by atoms with Gasteiger partial charge < -0.3 is 15.7 Å². The fraction of sp³-hybridized carbons (Fsp3) is 0.273. The van der Waals surface area contributed by atoms with E-state index in [4.69, 9.17) is 5.11 Å². The van der Waals surface area contributed by atoms with E-state index in [1.54, 1.807) is 0 Å². The van der Waals surface area contributed by atoms with Crippen LogP contribution >= 0.6 is 0 Å². The molecular weight excluding hydrogens is 300 g/mol. The third kappa shape index (κ3) is 4.40. The standard InChI is InChI=1S/C11H12N4O7/c1-6(11(18)12-5-10(16)17)13-8-3-2-7(14(19)20)4-9(8)15(21)22/h2-4,6,13H,5H2,1H3,(H,12,18)(H,16,17)/t6-/m0/s1. The summed E-state index contributed by atoms with van der Waals surface area (Å²) in [6.07, 6.45) is 0. The summed E-state index contributed by atoms with van der Waals surface area (Å²) in [5.41, 5.74) is -1.11. The average Bonchev–Trinajstić information content (AvgIpc) is 2.44. The number of amides is 1. The zero-order valence-corrected chi connectivity index (χ0v) is 11.3. The molecule has 11 nitrogen and oxygen atoms in total. The van der Waals surface area contributed by atoms with E-state index in [1.807, 2.05) is 0 Å². The molecule has 0 unspecified atom stereocenters. The number of anilines is 1. The molecule has 0 radical (unpaired) electrons. The number of carbonyl (C=O) groups is 2. The van der Waals surface area contributed by atoms with Gasteiger partial charge in [0.05, 0.1) is 15.9 Å². The molecule has 0 aliphatic rings. The van der Waals surface area contributed by atoms with Crippen molar-refractivity contribution in [2.45, 2.75) is 13.0 Å². The molecule has 1 aromatic carbocycles. The van der Waals surface area contributed by atoms with Crippen LogP contribution in [-0.4, -0.2) is 39.4 Å². The molecular formula is C11H12N4O7. The maximum absolute atomic E-state index is 11.6. The van der Waals surface area contributed by atoms with Crippen molar-refractivity contribution < 1.29 is 24.5 Å². The second-order valence-corrected chi connectivity index (χ2v) is 4.19. The number of carboxylic acid groups (broad SMARTS) is 1. The molecule has 1 rings (SSSR count). The lowest BCUT2D eigenvalue weighted by atomic mass is 10.2. The van der Waals surface area contributed by atoms with Crippen LogP contribution in [0.3, 0.4) is 0 Å². The Balaban J connectivity index is 2.92. The van der Waals surface area contributed by atoms with Crippen LogP contribution in [0.2, 0.25) is 0 Å². The Bertz CT molecular complexity index is 631. The van der Waals surface area contributed by atoms with Crippen LogP contribution in [0, 0.1) is 20.2 Å². The first kappa shape index (κ1) is 16.8. The van der Waals surface area contributed by atoms with E-state index in [-0.39, 0.29) is 5.69 Å². The number of nitro benzene ring substituents is 2. The normalized spacial score (nSPS) is 11.3. The van der Waals surface area contributed by atoms with Gasteiger partial charge in [-0.3, -0.25) is 29.8 Å². The topological polar surface area (TPSA) is 165 Å². The summed E-state index contributed by atoms with van der Waals surface area (Å²) in [5, 5.41) is 34.6. The summed E-state index contributed by atoms with van der Waals surface area (Å²) >= 11 is 0. The molecule has 1 aromatic rings. The highest BCUT2D eigenvalue weighted by molar-refractivity contribution is 5.87. The van der Waals surface area contributed by atoms with Gasteiger partial charge in [0.25, 0.3) is 11.4 Å². The molecule has 0 spiro atoms. The van der Waals surface area contributed by atoms with Gasteiger partial charge in [-0.2, -0.15) is 0 Å². The second-order valence-electron chi connectivity index (χ2n) is 4.19. The number of rotatable bonds is 7. The molecule has 1 amide bonds. The lowest BCUT2D eigenvalue weighted by Gasteiger charge is -2.14. The molecule has 1 atom stereocenters. The van der Waals surface area contributed by atoms with Crippen molar-refractivity contribution in [2.75, 3.05) is 11.9 Å². The first-order valence-corrected chi connectivity index (χ1v) is 5.91. The van der Waals surface area contributed by atoms with Crippen LogP contribution in [0.4, 0.5) is 17.1 Å². The Labute approximate surface area is 123 Å². The highest BCUT2D eigenvalue weighted by atomic mass is 16.6.